The molecule has 2 amide bonds. The van der Waals surface area contributed by atoms with Crippen molar-refractivity contribution < 1.29 is 22.4 Å². The summed E-state index contributed by atoms with van der Waals surface area (Å²) in [6, 6.07) is 17.3. The average Bonchev–Trinajstić information content (AvgIpc) is 2.92. The van der Waals surface area contributed by atoms with E-state index >= 15 is 0 Å². The first-order chi connectivity index (χ1) is 18.5. The SMILES string of the molecule is CCCCNC(=O)[C@H](C)N(Cc1ccc(F)cc1)C(=O)CN(c1cc(Cl)ccc1C)S(=O)(=O)c1ccccc1. The largest absolute Gasteiger partial charge is 0.354 e. The second-order valence-electron chi connectivity index (χ2n) is 9.22. The summed E-state index contributed by atoms with van der Waals surface area (Å²) in [5.41, 5.74) is 1.44. The van der Waals surface area contributed by atoms with Gasteiger partial charge in [-0.1, -0.05) is 61.3 Å². The van der Waals surface area contributed by atoms with Crippen LogP contribution in [0, 0.1) is 12.7 Å². The topological polar surface area (TPSA) is 86.8 Å². The van der Waals surface area contributed by atoms with E-state index in [-0.39, 0.29) is 23.0 Å². The van der Waals surface area contributed by atoms with E-state index in [1.54, 1.807) is 44.2 Å². The molecular formula is C29H33ClFN3O4S. The van der Waals surface area contributed by atoms with Gasteiger partial charge in [0.1, 0.15) is 18.4 Å². The highest BCUT2D eigenvalue weighted by Gasteiger charge is 2.33. The summed E-state index contributed by atoms with van der Waals surface area (Å²) < 4.78 is 42.2. The summed E-state index contributed by atoms with van der Waals surface area (Å²) in [6.07, 6.45) is 1.67. The molecule has 208 valence electrons. The molecule has 10 heteroatoms. The summed E-state index contributed by atoms with van der Waals surface area (Å²) in [7, 11) is -4.19. The first-order valence-electron chi connectivity index (χ1n) is 12.7. The van der Waals surface area contributed by atoms with E-state index in [9.17, 15) is 22.4 Å². The van der Waals surface area contributed by atoms with Gasteiger partial charge in [-0.15, -0.1) is 0 Å². The van der Waals surface area contributed by atoms with E-state index in [4.69, 9.17) is 11.6 Å². The second kappa shape index (κ2) is 13.6. The van der Waals surface area contributed by atoms with Crippen molar-refractivity contribution >= 4 is 39.1 Å². The predicted molar refractivity (Wildman–Crippen MR) is 151 cm³/mol. The van der Waals surface area contributed by atoms with E-state index in [1.165, 1.54) is 47.4 Å². The molecular weight excluding hydrogens is 541 g/mol. The van der Waals surface area contributed by atoms with E-state index < -0.39 is 34.3 Å². The fraction of sp³-hybridized carbons (Fsp3) is 0.310. The molecule has 0 aromatic heterocycles. The number of amides is 2. The third kappa shape index (κ3) is 7.80. The van der Waals surface area contributed by atoms with E-state index in [2.05, 4.69) is 5.32 Å². The Balaban J connectivity index is 2.02. The molecule has 1 N–H and O–H groups in total. The summed E-state index contributed by atoms with van der Waals surface area (Å²) in [5.74, 6) is -1.40. The van der Waals surface area contributed by atoms with Crippen LogP contribution in [0.5, 0.6) is 0 Å². The Morgan fingerprint density at radius 2 is 1.69 bits per heavy atom. The van der Waals surface area contributed by atoms with Gasteiger partial charge < -0.3 is 10.2 Å². The number of halogens is 2. The number of sulfonamides is 1. The molecule has 0 saturated carbocycles. The smallest absolute Gasteiger partial charge is 0.264 e. The lowest BCUT2D eigenvalue weighted by molar-refractivity contribution is -0.139. The van der Waals surface area contributed by atoms with Crippen LogP contribution < -0.4 is 9.62 Å². The highest BCUT2D eigenvalue weighted by molar-refractivity contribution is 7.92. The first kappa shape index (κ1) is 30.1. The Morgan fingerprint density at radius 3 is 2.33 bits per heavy atom. The monoisotopic (exact) mass is 573 g/mol. The number of aryl methyl sites for hydroxylation is 1. The molecule has 0 aliphatic carbocycles. The number of nitrogens with one attached hydrogen (secondary N) is 1. The Kier molecular flexibility index (Phi) is 10.5. The van der Waals surface area contributed by atoms with Crippen molar-refractivity contribution in [2.24, 2.45) is 0 Å². The molecule has 0 heterocycles. The molecule has 0 saturated heterocycles. The predicted octanol–water partition coefficient (Wildman–Crippen LogP) is 5.32. The lowest BCUT2D eigenvalue weighted by Crippen LogP contribution is -2.51. The van der Waals surface area contributed by atoms with Crippen LogP contribution >= 0.6 is 11.6 Å². The molecule has 3 aromatic carbocycles. The Labute approximate surface area is 234 Å². The molecule has 1 atom stereocenters. The number of carbonyl (C=O) groups is 2. The van der Waals surface area contributed by atoms with Gasteiger partial charge in [0.25, 0.3) is 10.0 Å². The molecule has 0 fully saturated rings. The fourth-order valence-electron chi connectivity index (χ4n) is 3.99. The van der Waals surface area contributed by atoms with Crippen LogP contribution in [0.3, 0.4) is 0 Å². The number of hydrogen-bond donors (Lipinski definition) is 1. The third-order valence-corrected chi connectivity index (χ3v) is 8.32. The zero-order valence-corrected chi connectivity index (χ0v) is 23.8. The molecule has 0 radical (unpaired) electrons. The standard InChI is InChI=1S/C29H33ClFN3O4S/c1-4-5-17-32-29(36)22(3)33(19-23-12-15-25(31)16-13-23)28(35)20-34(27-18-24(30)14-11-21(27)2)39(37,38)26-9-7-6-8-10-26/h6-16,18,22H,4-5,17,19-20H2,1-3H3,(H,32,36)/t22-/m0/s1. The third-order valence-electron chi connectivity index (χ3n) is 6.31. The van der Waals surface area contributed by atoms with Gasteiger partial charge in [-0.3, -0.25) is 13.9 Å². The van der Waals surface area contributed by atoms with Crippen LogP contribution in [0.25, 0.3) is 0 Å². The first-order valence-corrected chi connectivity index (χ1v) is 14.5. The van der Waals surface area contributed by atoms with Gasteiger partial charge >= 0.3 is 0 Å². The number of benzene rings is 3. The number of rotatable bonds is 12. The summed E-state index contributed by atoms with van der Waals surface area (Å²) in [4.78, 5) is 28.2. The van der Waals surface area contributed by atoms with Crippen molar-refractivity contribution in [3.8, 4) is 0 Å². The molecule has 0 aliphatic rings. The molecule has 0 unspecified atom stereocenters. The van der Waals surface area contributed by atoms with Gasteiger partial charge in [0.15, 0.2) is 0 Å². The molecule has 39 heavy (non-hydrogen) atoms. The number of hydrogen-bond acceptors (Lipinski definition) is 4. The minimum Gasteiger partial charge on any atom is -0.354 e. The summed E-state index contributed by atoms with van der Waals surface area (Å²) >= 11 is 6.23. The van der Waals surface area contributed by atoms with Crippen LogP contribution in [0.1, 0.15) is 37.8 Å². The second-order valence-corrected chi connectivity index (χ2v) is 11.5. The highest BCUT2D eigenvalue weighted by Crippen LogP contribution is 2.30. The van der Waals surface area contributed by atoms with Crippen molar-refractivity contribution in [3.63, 3.8) is 0 Å². The maximum Gasteiger partial charge on any atom is 0.264 e. The lowest BCUT2D eigenvalue weighted by Gasteiger charge is -2.32. The number of nitrogens with zero attached hydrogens (tertiary/aromatic N) is 2. The summed E-state index contributed by atoms with van der Waals surface area (Å²) in [6.45, 7) is 5.17. The lowest BCUT2D eigenvalue weighted by atomic mass is 10.1. The number of unbranched alkanes of at least 4 members (excludes halogenated alkanes) is 1. The van der Waals surface area contributed by atoms with Gasteiger partial charge in [0, 0.05) is 18.1 Å². The van der Waals surface area contributed by atoms with Crippen molar-refractivity contribution in [1.82, 2.24) is 10.2 Å². The Morgan fingerprint density at radius 1 is 1.03 bits per heavy atom. The number of carbonyl (C=O) groups excluding carboxylic acids is 2. The van der Waals surface area contributed by atoms with Gasteiger partial charge in [-0.2, -0.15) is 0 Å². The number of anilines is 1. The minimum atomic E-state index is -4.19. The van der Waals surface area contributed by atoms with E-state index in [0.717, 1.165) is 17.1 Å². The normalized spacial score (nSPS) is 12.0. The highest BCUT2D eigenvalue weighted by atomic mass is 35.5. The van der Waals surface area contributed by atoms with E-state index in [1.807, 2.05) is 6.92 Å². The zero-order chi connectivity index (χ0) is 28.6. The molecule has 0 spiro atoms. The van der Waals surface area contributed by atoms with Crippen molar-refractivity contribution in [1.29, 1.82) is 0 Å². The van der Waals surface area contributed by atoms with Gasteiger partial charge in [-0.25, -0.2) is 12.8 Å². The maximum absolute atomic E-state index is 13.9. The van der Waals surface area contributed by atoms with Crippen molar-refractivity contribution in [2.75, 3.05) is 17.4 Å². The van der Waals surface area contributed by atoms with Crippen molar-refractivity contribution in [3.05, 3.63) is 94.8 Å². The minimum absolute atomic E-state index is 0.00705. The van der Waals surface area contributed by atoms with Crippen LogP contribution in [-0.4, -0.2) is 44.3 Å². The Hall–Kier alpha value is -3.43. The molecule has 7 nitrogen and oxygen atoms in total. The quantitative estimate of drug-likeness (QED) is 0.297. The van der Waals surface area contributed by atoms with Crippen molar-refractivity contribution in [2.45, 2.75) is 51.1 Å². The van der Waals surface area contributed by atoms with Gasteiger partial charge in [0.05, 0.1) is 10.6 Å². The maximum atomic E-state index is 13.9. The van der Waals surface area contributed by atoms with Crippen LogP contribution in [0.4, 0.5) is 10.1 Å². The Bertz CT molecular complexity index is 1390. The van der Waals surface area contributed by atoms with E-state index in [0.29, 0.717) is 22.7 Å². The molecule has 0 bridgehead atoms. The van der Waals surface area contributed by atoms with Crippen LogP contribution in [-0.2, 0) is 26.2 Å². The summed E-state index contributed by atoms with van der Waals surface area (Å²) in [5, 5.41) is 3.14. The fourth-order valence-corrected chi connectivity index (χ4v) is 5.65. The van der Waals surface area contributed by atoms with Gasteiger partial charge in [-0.05, 0) is 67.8 Å². The molecule has 0 aliphatic heterocycles. The van der Waals surface area contributed by atoms with Crippen LogP contribution in [0.15, 0.2) is 77.7 Å². The van der Waals surface area contributed by atoms with Crippen LogP contribution in [0.2, 0.25) is 5.02 Å². The molecule has 3 rings (SSSR count). The average molecular weight is 574 g/mol. The van der Waals surface area contributed by atoms with Gasteiger partial charge in [0.2, 0.25) is 11.8 Å². The molecule has 3 aromatic rings. The zero-order valence-electron chi connectivity index (χ0n) is 22.2.